The molecule has 1 aliphatic rings. The molecule has 1 heterocycles. The smallest absolute Gasteiger partial charge is 0.238 e. The summed E-state index contributed by atoms with van der Waals surface area (Å²) >= 11 is 7.33. The Morgan fingerprint density at radius 1 is 1.25 bits per heavy atom. The molecule has 0 aliphatic carbocycles. The van der Waals surface area contributed by atoms with Crippen LogP contribution in [0.5, 0.6) is 11.5 Å². The fourth-order valence-electron chi connectivity index (χ4n) is 2.98. The van der Waals surface area contributed by atoms with Gasteiger partial charge >= 0.3 is 0 Å². The zero-order chi connectivity index (χ0) is 20.3. The van der Waals surface area contributed by atoms with Crippen molar-refractivity contribution in [3.05, 3.63) is 47.0 Å². The Hall–Kier alpha value is -2.38. The molecule has 0 fully saturated rings. The Labute approximate surface area is 172 Å². The minimum atomic E-state index is -0.506. The lowest BCUT2D eigenvalue weighted by Gasteiger charge is -2.25. The van der Waals surface area contributed by atoms with Crippen LogP contribution in [0.2, 0.25) is 5.02 Å². The number of hydrogen-bond acceptors (Lipinski definition) is 5. The molecule has 2 aromatic carbocycles. The van der Waals surface area contributed by atoms with Gasteiger partial charge in [-0.2, -0.15) is 0 Å². The number of carbonyl (C=O) groups excluding carboxylic acids is 2. The standard InChI is InChI=1S/C20H21ClN2O4S/c1-11(14-9-13(26-2)5-6-16(14)27-3)22-19(24)10-18-20(25)23-15-8-12(21)4-7-17(15)28-18/h4-9,11,18H,10H2,1-3H3,(H,22,24)(H,23,25). The molecule has 0 aromatic heterocycles. The van der Waals surface area contributed by atoms with Gasteiger partial charge in [-0.25, -0.2) is 0 Å². The summed E-state index contributed by atoms with van der Waals surface area (Å²) in [6, 6.07) is 10.4. The van der Waals surface area contributed by atoms with Crippen LogP contribution < -0.4 is 20.1 Å². The van der Waals surface area contributed by atoms with E-state index in [2.05, 4.69) is 10.6 Å². The summed E-state index contributed by atoms with van der Waals surface area (Å²) < 4.78 is 10.6. The summed E-state index contributed by atoms with van der Waals surface area (Å²) in [7, 11) is 3.16. The third-order valence-electron chi connectivity index (χ3n) is 4.41. The molecular formula is C20H21ClN2O4S. The summed E-state index contributed by atoms with van der Waals surface area (Å²) in [6.07, 6.45) is 0.0647. The third-order valence-corrected chi connectivity index (χ3v) is 5.92. The number of fused-ring (bicyclic) bond motifs is 1. The highest BCUT2D eigenvalue weighted by molar-refractivity contribution is 8.01. The summed E-state index contributed by atoms with van der Waals surface area (Å²) in [5.41, 5.74) is 1.48. The second-order valence-corrected chi connectivity index (χ2v) is 8.02. The molecule has 0 bridgehead atoms. The van der Waals surface area contributed by atoms with Crippen molar-refractivity contribution in [1.29, 1.82) is 0 Å². The van der Waals surface area contributed by atoms with Gasteiger partial charge in [-0.1, -0.05) is 11.6 Å². The first-order valence-corrected chi connectivity index (χ1v) is 9.95. The van der Waals surface area contributed by atoms with Crippen molar-refractivity contribution >= 4 is 40.9 Å². The number of halogens is 1. The van der Waals surface area contributed by atoms with E-state index in [1.807, 2.05) is 19.1 Å². The lowest BCUT2D eigenvalue weighted by molar-refractivity contribution is -0.124. The van der Waals surface area contributed by atoms with Crippen molar-refractivity contribution in [3.8, 4) is 11.5 Å². The SMILES string of the molecule is COc1ccc(OC)c(C(C)NC(=O)CC2Sc3ccc(Cl)cc3NC2=O)c1. The predicted octanol–water partition coefficient (Wildman–Crippen LogP) is 4.04. The zero-order valence-corrected chi connectivity index (χ0v) is 17.3. The molecule has 3 rings (SSSR count). The number of amides is 2. The van der Waals surface area contributed by atoms with Crippen molar-refractivity contribution in [1.82, 2.24) is 5.32 Å². The number of rotatable bonds is 6. The van der Waals surface area contributed by atoms with Gasteiger partial charge in [-0.15, -0.1) is 11.8 Å². The molecule has 2 aromatic rings. The molecule has 0 radical (unpaired) electrons. The van der Waals surface area contributed by atoms with Gasteiger partial charge in [-0.3, -0.25) is 9.59 Å². The van der Waals surface area contributed by atoms with Gasteiger partial charge in [0, 0.05) is 21.9 Å². The van der Waals surface area contributed by atoms with Crippen molar-refractivity contribution in [3.63, 3.8) is 0 Å². The summed E-state index contributed by atoms with van der Waals surface area (Å²) in [4.78, 5) is 25.8. The average molecular weight is 421 g/mol. The first-order chi connectivity index (χ1) is 13.4. The molecule has 2 unspecified atom stereocenters. The summed E-state index contributed by atoms with van der Waals surface area (Å²) in [6.45, 7) is 1.86. The molecule has 148 valence electrons. The molecule has 2 N–H and O–H groups in total. The normalized spacial score (nSPS) is 16.6. The quantitative estimate of drug-likeness (QED) is 0.737. The largest absolute Gasteiger partial charge is 0.497 e. The highest BCUT2D eigenvalue weighted by atomic mass is 35.5. The van der Waals surface area contributed by atoms with Crippen LogP contribution in [0.3, 0.4) is 0 Å². The van der Waals surface area contributed by atoms with Crippen LogP contribution in [0.4, 0.5) is 5.69 Å². The maximum Gasteiger partial charge on any atom is 0.238 e. The number of carbonyl (C=O) groups is 2. The van der Waals surface area contributed by atoms with Crippen LogP contribution in [-0.4, -0.2) is 31.3 Å². The highest BCUT2D eigenvalue weighted by Crippen LogP contribution is 2.38. The van der Waals surface area contributed by atoms with Gasteiger partial charge in [0.15, 0.2) is 0 Å². The number of nitrogens with one attached hydrogen (secondary N) is 2. The number of methoxy groups -OCH3 is 2. The Morgan fingerprint density at radius 2 is 2.04 bits per heavy atom. The van der Waals surface area contributed by atoms with Crippen molar-refractivity contribution in [2.24, 2.45) is 0 Å². The molecular weight excluding hydrogens is 400 g/mol. The zero-order valence-electron chi connectivity index (χ0n) is 15.7. The van der Waals surface area contributed by atoms with Gasteiger partial charge in [-0.05, 0) is 43.3 Å². The lowest BCUT2D eigenvalue weighted by atomic mass is 10.1. The number of benzene rings is 2. The maximum absolute atomic E-state index is 12.6. The lowest BCUT2D eigenvalue weighted by Crippen LogP contribution is -2.35. The van der Waals surface area contributed by atoms with Crippen molar-refractivity contribution in [2.75, 3.05) is 19.5 Å². The molecule has 2 amide bonds. The second-order valence-electron chi connectivity index (χ2n) is 6.34. The molecule has 0 saturated carbocycles. The number of thioether (sulfide) groups is 1. The van der Waals surface area contributed by atoms with E-state index >= 15 is 0 Å². The fraction of sp³-hybridized carbons (Fsp3) is 0.300. The summed E-state index contributed by atoms with van der Waals surface area (Å²) in [5, 5.41) is 5.79. The average Bonchev–Trinajstić information content (AvgIpc) is 2.68. The third kappa shape index (κ3) is 4.54. The Bertz CT molecular complexity index is 906. The maximum atomic E-state index is 12.6. The number of anilines is 1. The van der Waals surface area contributed by atoms with Crippen LogP contribution >= 0.6 is 23.4 Å². The molecule has 1 aliphatic heterocycles. The topological polar surface area (TPSA) is 76.7 Å². The van der Waals surface area contributed by atoms with Crippen LogP contribution in [0, 0.1) is 0 Å². The van der Waals surface area contributed by atoms with E-state index in [1.54, 1.807) is 38.5 Å². The second kappa shape index (κ2) is 8.75. The van der Waals surface area contributed by atoms with E-state index < -0.39 is 5.25 Å². The van der Waals surface area contributed by atoms with Crippen molar-refractivity contribution in [2.45, 2.75) is 29.5 Å². The monoisotopic (exact) mass is 420 g/mol. The number of hydrogen-bond donors (Lipinski definition) is 2. The number of ether oxygens (including phenoxy) is 2. The van der Waals surface area contributed by atoms with E-state index in [9.17, 15) is 9.59 Å². The minimum Gasteiger partial charge on any atom is -0.497 e. The van der Waals surface area contributed by atoms with Crippen molar-refractivity contribution < 1.29 is 19.1 Å². The molecule has 0 spiro atoms. The fourth-order valence-corrected chi connectivity index (χ4v) is 4.24. The minimum absolute atomic E-state index is 0.0647. The summed E-state index contributed by atoms with van der Waals surface area (Å²) in [5.74, 6) is 0.905. The molecule has 2 atom stereocenters. The molecule has 6 nitrogen and oxygen atoms in total. The van der Waals surface area contributed by atoms with Gasteiger partial charge in [0.1, 0.15) is 11.5 Å². The van der Waals surface area contributed by atoms with Gasteiger partial charge in [0.25, 0.3) is 0 Å². The van der Waals surface area contributed by atoms with Gasteiger partial charge in [0.2, 0.25) is 11.8 Å². The van der Waals surface area contributed by atoms with E-state index in [1.165, 1.54) is 11.8 Å². The van der Waals surface area contributed by atoms with Gasteiger partial charge in [0.05, 0.1) is 31.2 Å². The Kier molecular flexibility index (Phi) is 6.36. The van der Waals surface area contributed by atoms with Crippen LogP contribution in [0.15, 0.2) is 41.3 Å². The highest BCUT2D eigenvalue weighted by Gasteiger charge is 2.29. The van der Waals surface area contributed by atoms with Crippen LogP contribution in [0.25, 0.3) is 0 Å². The van der Waals surface area contributed by atoms with Crippen LogP contribution in [-0.2, 0) is 9.59 Å². The van der Waals surface area contributed by atoms with E-state index in [0.717, 1.165) is 10.5 Å². The van der Waals surface area contributed by atoms with E-state index in [4.69, 9.17) is 21.1 Å². The predicted molar refractivity (Wildman–Crippen MR) is 110 cm³/mol. The van der Waals surface area contributed by atoms with E-state index in [-0.39, 0.29) is 24.3 Å². The molecule has 0 saturated heterocycles. The molecule has 28 heavy (non-hydrogen) atoms. The Morgan fingerprint density at radius 3 is 2.75 bits per heavy atom. The first kappa shape index (κ1) is 20.4. The Balaban J connectivity index is 1.67. The van der Waals surface area contributed by atoms with E-state index in [0.29, 0.717) is 22.2 Å². The van der Waals surface area contributed by atoms with Gasteiger partial charge < -0.3 is 20.1 Å². The first-order valence-electron chi connectivity index (χ1n) is 8.69. The molecule has 8 heteroatoms. The van der Waals surface area contributed by atoms with Crippen LogP contribution in [0.1, 0.15) is 24.9 Å².